The number of nitrogens with zero attached hydrogens (tertiary/aromatic N) is 2. The van der Waals surface area contributed by atoms with E-state index in [1.165, 1.54) is 11.1 Å². The summed E-state index contributed by atoms with van der Waals surface area (Å²) < 4.78 is 0. The molecule has 0 atom stereocenters. The largest absolute Gasteiger partial charge is 0.361 e. The zero-order valence-electron chi connectivity index (χ0n) is 19.1. The Hall–Kier alpha value is -4.70. The van der Waals surface area contributed by atoms with Gasteiger partial charge in [-0.1, -0.05) is 60.7 Å². The Morgan fingerprint density at radius 1 is 0.600 bits per heavy atom. The summed E-state index contributed by atoms with van der Waals surface area (Å²) in [5.74, 6) is 0. The molecule has 0 radical (unpaired) electrons. The molecule has 4 heterocycles. The zero-order chi connectivity index (χ0) is 23.5. The lowest BCUT2D eigenvalue weighted by atomic mass is 9.99. The van der Waals surface area contributed by atoms with Gasteiger partial charge in [0, 0.05) is 53.8 Å². The Labute approximate surface area is 204 Å². The van der Waals surface area contributed by atoms with Crippen molar-refractivity contribution in [3.05, 3.63) is 155 Å². The number of benzene rings is 2. The lowest BCUT2D eigenvalue weighted by molar-refractivity contribution is 1.20. The van der Waals surface area contributed by atoms with Crippen LogP contribution in [-0.4, -0.2) is 22.4 Å². The van der Waals surface area contributed by atoms with E-state index in [-0.39, 0.29) is 0 Å². The van der Waals surface area contributed by atoms with E-state index in [0.717, 1.165) is 51.5 Å². The molecular weight excluding hydrogens is 428 g/mol. The SMILES string of the molecule is C1=C/C(=C(/c2ccccc2)c2cc(Cc3c[nH]c(/C(=C4\C=CC=N4)c4ccccc4)c3)c[nH]2)N=C1. The molecule has 6 rings (SSSR count). The summed E-state index contributed by atoms with van der Waals surface area (Å²) in [4.78, 5) is 16.1. The minimum absolute atomic E-state index is 0.819. The van der Waals surface area contributed by atoms with Crippen molar-refractivity contribution in [2.24, 2.45) is 9.98 Å². The first-order chi connectivity index (χ1) is 17.3. The molecule has 2 aliphatic rings. The van der Waals surface area contributed by atoms with E-state index < -0.39 is 0 Å². The van der Waals surface area contributed by atoms with Gasteiger partial charge in [-0.25, -0.2) is 0 Å². The third kappa shape index (κ3) is 4.30. The van der Waals surface area contributed by atoms with Gasteiger partial charge in [0.25, 0.3) is 0 Å². The fourth-order valence-electron chi connectivity index (χ4n) is 4.60. The van der Waals surface area contributed by atoms with Crippen molar-refractivity contribution in [2.45, 2.75) is 6.42 Å². The van der Waals surface area contributed by atoms with Crippen LogP contribution in [-0.2, 0) is 6.42 Å². The Kier molecular flexibility index (Phi) is 5.53. The highest BCUT2D eigenvalue weighted by atomic mass is 14.8. The lowest BCUT2D eigenvalue weighted by Crippen LogP contribution is -1.91. The van der Waals surface area contributed by atoms with Crippen molar-refractivity contribution >= 4 is 23.6 Å². The van der Waals surface area contributed by atoms with Crippen molar-refractivity contribution in [3.8, 4) is 0 Å². The van der Waals surface area contributed by atoms with Crippen molar-refractivity contribution in [3.63, 3.8) is 0 Å². The first-order valence-electron chi connectivity index (χ1n) is 11.7. The maximum absolute atomic E-state index is 4.57. The molecule has 0 saturated carbocycles. The van der Waals surface area contributed by atoms with Gasteiger partial charge < -0.3 is 9.97 Å². The summed E-state index contributed by atoms with van der Waals surface area (Å²) in [5, 5.41) is 0. The predicted molar refractivity (Wildman–Crippen MR) is 145 cm³/mol. The zero-order valence-corrected chi connectivity index (χ0v) is 19.1. The minimum Gasteiger partial charge on any atom is -0.361 e. The fourth-order valence-corrected chi connectivity index (χ4v) is 4.60. The molecule has 4 heteroatoms. The summed E-state index contributed by atoms with van der Waals surface area (Å²) >= 11 is 0. The Bertz CT molecular complexity index is 1390. The highest BCUT2D eigenvalue weighted by Gasteiger charge is 2.16. The molecule has 4 nitrogen and oxygen atoms in total. The van der Waals surface area contributed by atoms with E-state index in [2.05, 4.69) is 105 Å². The van der Waals surface area contributed by atoms with Gasteiger partial charge in [-0.05, 0) is 58.7 Å². The maximum atomic E-state index is 4.57. The van der Waals surface area contributed by atoms with Gasteiger partial charge >= 0.3 is 0 Å². The number of aromatic nitrogens is 2. The second kappa shape index (κ2) is 9.27. The van der Waals surface area contributed by atoms with Crippen LogP contribution >= 0.6 is 0 Å². The summed E-state index contributed by atoms with van der Waals surface area (Å²) in [6, 6.07) is 25.3. The molecule has 35 heavy (non-hydrogen) atoms. The summed E-state index contributed by atoms with van der Waals surface area (Å²) in [6.07, 6.45) is 16.7. The third-order valence-corrected chi connectivity index (χ3v) is 6.18. The maximum Gasteiger partial charge on any atom is 0.0729 e. The average molecular weight is 453 g/mol. The lowest BCUT2D eigenvalue weighted by Gasteiger charge is -2.08. The van der Waals surface area contributed by atoms with Crippen LogP contribution in [0, 0.1) is 0 Å². The first kappa shape index (κ1) is 20.9. The molecule has 4 aromatic rings. The number of rotatable bonds is 6. The standard InChI is InChI=1S/C31H24N4/c1-3-9-24(10-4-1)30(26-13-7-15-32-26)28-18-22(20-34-28)17-23-19-29(35-21-23)31(27-14-8-16-33-27)25-11-5-2-6-12-25/h1-16,18-21,34-35H,17H2/b30-26+,31-27+. The summed E-state index contributed by atoms with van der Waals surface area (Å²) in [5.41, 5.74) is 11.0. The van der Waals surface area contributed by atoms with Crippen LogP contribution < -0.4 is 0 Å². The number of allylic oxidation sites excluding steroid dienone is 4. The Morgan fingerprint density at radius 3 is 1.46 bits per heavy atom. The van der Waals surface area contributed by atoms with Gasteiger partial charge in [-0.2, -0.15) is 0 Å². The number of H-pyrrole nitrogens is 2. The van der Waals surface area contributed by atoms with Crippen LogP contribution in [0.4, 0.5) is 0 Å². The highest BCUT2D eigenvalue weighted by Crippen LogP contribution is 2.31. The van der Waals surface area contributed by atoms with E-state index in [1.807, 2.05) is 36.7 Å². The Morgan fingerprint density at radius 2 is 1.06 bits per heavy atom. The third-order valence-electron chi connectivity index (χ3n) is 6.18. The molecule has 0 amide bonds. The molecule has 168 valence electrons. The predicted octanol–water partition coefficient (Wildman–Crippen LogP) is 6.73. The number of aromatic amines is 2. The van der Waals surface area contributed by atoms with Crippen molar-refractivity contribution < 1.29 is 0 Å². The first-order valence-corrected chi connectivity index (χ1v) is 11.7. The molecule has 0 bridgehead atoms. The van der Waals surface area contributed by atoms with Crippen LogP contribution in [0.5, 0.6) is 0 Å². The van der Waals surface area contributed by atoms with Gasteiger partial charge in [0.15, 0.2) is 0 Å². The molecule has 0 unspecified atom stereocenters. The topological polar surface area (TPSA) is 56.3 Å². The van der Waals surface area contributed by atoms with Crippen LogP contribution in [0.15, 0.2) is 131 Å². The van der Waals surface area contributed by atoms with Gasteiger partial charge in [-0.3, -0.25) is 9.98 Å². The summed E-state index contributed by atoms with van der Waals surface area (Å²) in [7, 11) is 0. The molecule has 0 spiro atoms. The van der Waals surface area contributed by atoms with Crippen LogP contribution in [0.3, 0.4) is 0 Å². The van der Waals surface area contributed by atoms with E-state index in [0.29, 0.717) is 0 Å². The summed E-state index contributed by atoms with van der Waals surface area (Å²) in [6.45, 7) is 0. The molecule has 0 saturated heterocycles. The second-order valence-corrected chi connectivity index (χ2v) is 8.55. The van der Waals surface area contributed by atoms with E-state index in [9.17, 15) is 0 Å². The monoisotopic (exact) mass is 452 g/mol. The average Bonchev–Trinajstić information content (AvgIpc) is 3.71. The number of nitrogens with one attached hydrogen (secondary N) is 2. The van der Waals surface area contributed by atoms with Crippen LogP contribution in [0.25, 0.3) is 11.1 Å². The number of hydrogen-bond donors (Lipinski definition) is 2. The second-order valence-electron chi connectivity index (χ2n) is 8.55. The van der Waals surface area contributed by atoms with Gasteiger partial charge in [-0.15, -0.1) is 0 Å². The quantitative estimate of drug-likeness (QED) is 0.326. The molecule has 2 aliphatic heterocycles. The molecule has 0 fully saturated rings. The van der Waals surface area contributed by atoms with Gasteiger partial charge in [0.1, 0.15) is 0 Å². The highest BCUT2D eigenvalue weighted by molar-refractivity contribution is 5.89. The van der Waals surface area contributed by atoms with E-state index in [4.69, 9.17) is 0 Å². The molecule has 0 aliphatic carbocycles. The fraction of sp³-hybridized carbons (Fsp3) is 0.0323. The number of hydrogen-bond acceptors (Lipinski definition) is 2. The molecule has 2 aromatic heterocycles. The minimum atomic E-state index is 0.819. The van der Waals surface area contributed by atoms with Gasteiger partial charge in [0.2, 0.25) is 0 Å². The Balaban J connectivity index is 1.31. The molecule has 2 N–H and O–H groups in total. The van der Waals surface area contributed by atoms with Gasteiger partial charge in [0.05, 0.1) is 11.4 Å². The molecular formula is C31H24N4. The smallest absolute Gasteiger partial charge is 0.0729 e. The van der Waals surface area contributed by atoms with Crippen LogP contribution in [0.2, 0.25) is 0 Å². The van der Waals surface area contributed by atoms with Crippen LogP contribution in [0.1, 0.15) is 33.6 Å². The van der Waals surface area contributed by atoms with E-state index >= 15 is 0 Å². The van der Waals surface area contributed by atoms with E-state index in [1.54, 1.807) is 0 Å². The normalized spacial score (nSPS) is 16.9. The number of aliphatic imine (C=N–C) groups is 2. The van der Waals surface area contributed by atoms with Crippen molar-refractivity contribution in [1.82, 2.24) is 9.97 Å². The molecule has 2 aromatic carbocycles. The van der Waals surface area contributed by atoms with Crippen molar-refractivity contribution in [2.75, 3.05) is 0 Å². The van der Waals surface area contributed by atoms with Crippen molar-refractivity contribution in [1.29, 1.82) is 0 Å².